The fourth-order valence-electron chi connectivity index (χ4n) is 6.70. The maximum Gasteiger partial charge on any atom is 0.312 e. The number of carbonyl (C=O) groups excluding carboxylic acids is 3. The van der Waals surface area contributed by atoms with Gasteiger partial charge in [-0.05, 0) is 103 Å². The minimum absolute atomic E-state index is 0.00846. The summed E-state index contributed by atoms with van der Waals surface area (Å²) < 4.78 is 16.6. The molecule has 0 saturated heterocycles. The lowest BCUT2D eigenvalue weighted by Gasteiger charge is -2.59. The molecule has 32 heavy (non-hydrogen) atoms. The van der Waals surface area contributed by atoms with Gasteiger partial charge in [-0.3, -0.25) is 14.4 Å². The summed E-state index contributed by atoms with van der Waals surface area (Å²) in [4.78, 5) is 37.9. The Bertz CT molecular complexity index is 713. The second kappa shape index (κ2) is 8.98. The zero-order valence-electron chi connectivity index (χ0n) is 21.0. The third-order valence-corrected chi connectivity index (χ3v) is 8.72. The van der Waals surface area contributed by atoms with Gasteiger partial charge in [0.2, 0.25) is 0 Å². The van der Waals surface area contributed by atoms with Crippen LogP contribution >= 0.6 is 0 Å². The Morgan fingerprint density at radius 3 is 1.97 bits per heavy atom. The van der Waals surface area contributed by atoms with Gasteiger partial charge < -0.3 is 14.2 Å². The van der Waals surface area contributed by atoms with Crippen molar-refractivity contribution in [1.29, 1.82) is 0 Å². The fourth-order valence-corrected chi connectivity index (χ4v) is 6.70. The zero-order chi connectivity index (χ0) is 23.9. The molecule has 4 aliphatic carbocycles. The van der Waals surface area contributed by atoms with Crippen LogP contribution in [0.15, 0.2) is 0 Å². The van der Waals surface area contributed by atoms with Crippen molar-refractivity contribution in [3.63, 3.8) is 0 Å². The third kappa shape index (κ3) is 4.84. The molecule has 6 nitrogen and oxygen atoms in total. The van der Waals surface area contributed by atoms with Crippen molar-refractivity contribution in [2.45, 2.75) is 105 Å². The lowest BCUT2D eigenvalue weighted by molar-refractivity contribution is -0.213. The van der Waals surface area contributed by atoms with Gasteiger partial charge in [0, 0.05) is 0 Å². The molecule has 4 rings (SSSR count). The van der Waals surface area contributed by atoms with E-state index in [1.807, 2.05) is 13.8 Å². The number of ether oxygens (including phenoxy) is 3. The van der Waals surface area contributed by atoms with Gasteiger partial charge in [-0.15, -0.1) is 0 Å². The molecule has 4 aliphatic rings. The minimum atomic E-state index is -0.890. The Morgan fingerprint density at radius 1 is 0.969 bits per heavy atom. The van der Waals surface area contributed by atoms with Crippen LogP contribution in [0.4, 0.5) is 0 Å². The summed E-state index contributed by atoms with van der Waals surface area (Å²) in [6.45, 7) is 11.3. The van der Waals surface area contributed by atoms with Crippen LogP contribution in [0.2, 0.25) is 0 Å². The highest BCUT2D eigenvalue weighted by Gasteiger charge is 2.58. The molecule has 2 unspecified atom stereocenters. The van der Waals surface area contributed by atoms with Crippen LogP contribution in [0.3, 0.4) is 0 Å². The first-order valence-electron chi connectivity index (χ1n) is 12.3. The first-order chi connectivity index (χ1) is 14.8. The smallest absolute Gasteiger partial charge is 0.312 e. The van der Waals surface area contributed by atoms with Crippen LogP contribution in [0.1, 0.15) is 92.9 Å². The van der Waals surface area contributed by atoms with Crippen molar-refractivity contribution in [3.8, 4) is 0 Å². The Labute approximate surface area is 193 Å². The lowest BCUT2D eigenvalue weighted by Crippen LogP contribution is -2.59. The Hall–Kier alpha value is -1.59. The van der Waals surface area contributed by atoms with Gasteiger partial charge in [-0.25, -0.2) is 0 Å². The SMILES string of the molecule is CCC(C)(CC(C)(C)C(=O)OC(C)CC(=O)OC)C(=O)OC1(C)C2CC3CC(C2)CC1C3. The maximum atomic E-state index is 13.6. The van der Waals surface area contributed by atoms with Gasteiger partial charge >= 0.3 is 17.9 Å². The van der Waals surface area contributed by atoms with E-state index in [0.29, 0.717) is 24.7 Å². The molecule has 4 saturated carbocycles. The minimum Gasteiger partial charge on any atom is -0.469 e. The van der Waals surface area contributed by atoms with E-state index in [1.54, 1.807) is 20.8 Å². The van der Waals surface area contributed by atoms with Crippen molar-refractivity contribution in [2.24, 2.45) is 34.5 Å². The molecule has 0 spiro atoms. The van der Waals surface area contributed by atoms with Crippen molar-refractivity contribution in [2.75, 3.05) is 7.11 Å². The normalized spacial score (nSPS) is 33.8. The Balaban J connectivity index is 1.66. The summed E-state index contributed by atoms with van der Waals surface area (Å²) >= 11 is 0. The van der Waals surface area contributed by atoms with E-state index >= 15 is 0 Å². The van der Waals surface area contributed by atoms with Crippen molar-refractivity contribution in [1.82, 2.24) is 0 Å². The molecule has 0 radical (unpaired) electrons. The highest BCUT2D eigenvalue weighted by atomic mass is 16.6. The zero-order valence-corrected chi connectivity index (χ0v) is 21.0. The van der Waals surface area contributed by atoms with Gasteiger partial charge in [-0.1, -0.05) is 6.92 Å². The van der Waals surface area contributed by atoms with Crippen LogP contribution in [0, 0.1) is 34.5 Å². The van der Waals surface area contributed by atoms with Crippen LogP contribution in [-0.2, 0) is 28.6 Å². The fraction of sp³-hybridized carbons (Fsp3) is 0.885. The largest absolute Gasteiger partial charge is 0.469 e. The van der Waals surface area contributed by atoms with E-state index in [1.165, 1.54) is 39.2 Å². The van der Waals surface area contributed by atoms with E-state index in [2.05, 4.69) is 11.7 Å². The quantitative estimate of drug-likeness (QED) is 0.360. The predicted molar refractivity (Wildman–Crippen MR) is 121 cm³/mol. The van der Waals surface area contributed by atoms with Crippen molar-refractivity contribution < 1.29 is 28.6 Å². The Morgan fingerprint density at radius 2 is 1.50 bits per heavy atom. The average molecular weight is 451 g/mol. The van der Waals surface area contributed by atoms with Gasteiger partial charge in [-0.2, -0.15) is 0 Å². The number of hydrogen-bond acceptors (Lipinski definition) is 6. The highest BCUT2D eigenvalue weighted by Crippen LogP contribution is 2.60. The van der Waals surface area contributed by atoms with E-state index in [0.717, 1.165) is 11.8 Å². The first kappa shape index (κ1) is 25.0. The molecule has 0 N–H and O–H groups in total. The molecular formula is C26H42O6. The second-order valence-corrected chi connectivity index (χ2v) is 11.8. The van der Waals surface area contributed by atoms with E-state index in [9.17, 15) is 14.4 Å². The van der Waals surface area contributed by atoms with Gasteiger partial charge in [0.05, 0.1) is 24.4 Å². The molecule has 6 heteroatoms. The number of esters is 3. The van der Waals surface area contributed by atoms with Crippen molar-refractivity contribution >= 4 is 17.9 Å². The molecule has 0 aromatic rings. The molecule has 4 bridgehead atoms. The molecule has 4 fully saturated rings. The van der Waals surface area contributed by atoms with Crippen LogP contribution in [-0.4, -0.2) is 36.7 Å². The molecule has 0 amide bonds. The molecule has 0 aromatic heterocycles. The number of methoxy groups -OCH3 is 1. The lowest BCUT2D eigenvalue weighted by atomic mass is 9.50. The molecule has 0 aliphatic heterocycles. The average Bonchev–Trinajstić information content (AvgIpc) is 2.70. The summed E-state index contributed by atoms with van der Waals surface area (Å²) in [5.74, 6) is 1.50. The number of rotatable bonds is 9. The predicted octanol–water partition coefficient (Wildman–Crippen LogP) is 5.07. The summed E-state index contributed by atoms with van der Waals surface area (Å²) in [6.07, 6.45) is 6.40. The maximum absolute atomic E-state index is 13.6. The van der Waals surface area contributed by atoms with E-state index in [-0.39, 0.29) is 18.0 Å². The first-order valence-corrected chi connectivity index (χ1v) is 12.3. The topological polar surface area (TPSA) is 78.9 Å². The standard InChI is InChI=1S/C26H42O6/c1-8-25(5,15-24(3,4)22(28)31-16(2)9-21(27)30-7)23(29)32-26(6)19-11-17-10-18(13-19)14-20(26)12-17/h16-20H,8-15H2,1-7H3. The molecule has 0 aromatic carbocycles. The summed E-state index contributed by atoms with van der Waals surface area (Å²) in [6, 6.07) is 0. The van der Waals surface area contributed by atoms with Gasteiger partial charge in [0.1, 0.15) is 11.7 Å². The van der Waals surface area contributed by atoms with E-state index < -0.39 is 28.9 Å². The second-order valence-electron chi connectivity index (χ2n) is 11.8. The Kier molecular flexibility index (Phi) is 7.03. The molecule has 0 heterocycles. The monoisotopic (exact) mass is 450 g/mol. The van der Waals surface area contributed by atoms with Crippen LogP contribution in [0.25, 0.3) is 0 Å². The molecular weight excluding hydrogens is 408 g/mol. The number of carbonyl (C=O) groups is 3. The highest BCUT2D eigenvalue weighted by molar-refractivity contribution is 5.81. The van der Waals surface area contributed by atoms with Gasteiger partial charge in [0.25, 0.3) is 0 Å². The van der Waals surface area contributed by atoms with Crippen LogP contribution in [0.5, 0.6) is 0 Å². The summed E-state index contributed by atoms with van der Waals surface area (Å²) in [7, 11) is 1.31. The van der Waals surface area contributed by atoms with Gasteiger partial charge in [0.15, 0.2) is 0 Å². The third-order valence-electron chi connectivity index (χ3n) is 8.72. The number of hydrogen-bond donors (Lipinski definition) is 0. The molecule has 182 valence electrons. The van der Waals surface area contributed by atoms with E-state index in [4.69, 9.17) is 9.47 Å². The molecule has 2 atom stereocenters. The summed E-state index contributed by atoms with van der Waals surface area (Å²) in [5, 5.41) is 0. The van der Waals surface area contributed by atoms with Crippen LogP contribution < -0.4 is 0 Å². The van der Waals surface area contributed by atoms with Crippen molar-refractivity contribution in [3.05, 3.63) is 0 Å². The summed E-state index contributed by atoms with van der Waals surface area (Å²) in [5.41, 5.74) is -2.06.